The molecule has 2 rings (SSSR count). The van der Waals surface area contributed by atoms with Crippen LogP contribution >= 0.6 is 0 Å². The Labute approximate surface area is 272 Å². The number of nitrogens with zero attached hydrogens (tertiary/aromatic N) is 2. The second-order valence-corrected chi connectivity index (χ2v) is 4.57. The number of non-ortho nitro benzene ring substituents is 2. The van der Waals surface area contributed by atoms with Crippen LogP contribution in [0.4, 0.5) is 11.4 Å². The average Bonchev–Trinajstić information content (AvgIpc) is 3.06. The van der Waals surface area contributed by atoms with Gasteiger partial charge in [0.05, 0.1) is 9.85 Å². The van der Waals surface area contributed by atoms with Gasteiger partial charge in [-0.05, 0) is 24.3 Å². The summed E-state index contributed by atoms with van der Waals surface area (Å²) in [7, 11) is 0. The minimum Gasteiger partial charge on any atom is -0.676 e. The summed E-state index contributed by atoms with van der Waals surface area (Å²) < 4.78 is 52.5. The van der Waals surface area contributed by atoms with Gasteiger partial charge >= 0.3 is 96.2 Å². The fourth-order valence-corrected chi connectivity index (χ4v) is 1.61. The second-order valence-electron chi connectivity index (χ2n) is 4.57. The molecule has 0 aliphatic carbocycles. The van der Waals surface area contributed by atoms with Crippen LogP contribution in [0.15, 0.2) is 48.5 Å². The average molecular weight is 669 g/mol. The van der Waals surface area contributed by atoms with Gasteiger partial charge in [0.25, 0.3) is 5.69 Å². The van der Waals surface area contributed by atoms with E-state index in [9.17, 15) is 20.2 Å². The number of benzene rings is 2. The predicted molar refractivity (Wildman–Crippen MR) is 133 cm³/mol. The van der Waals surface area contributed by atoms with Crippen molar-refractivity contribution in [2.75, 3.05) is 0 Å². The molecule has 0 saturated heterocycles. The largest absolute Gasteiger partial charge is 3.00 e. The first kappa shape index (κ1) is 71.6. The van der Waals surface area contributed by atoms with Crippen LogP contribution in [0, 0.1) is 118 Å². The van der Waals surface area contributed by atoms with E-state index in [0.717, 1.165) is 11.1 Å². The Hall–Kier alpha value is -4.50. The Balaban J connectivity index is -0.0000000345. The third-order valence-corrected chi connectivity index (χ3v) is 2.84. The third-order valence-electron chi connectivity index (χ3n) is 2.84. The summed E-state index contributed by atoms with van der Waals surface area (Å²) in [6.07, 6.45) is 12.9. The molecule has 0 amide bonds. The number of terminal acetylenes is 1. The van der Waals surface area contributed by atoms with Gasteiger partial charge in [0, 0.05) is 17.1 Å². The topological polar surface area (TPSA) is 226 Å². The van der Waals surface area contributed by atoms with Crippen molar-refractivity contribution in [3.8, 4) is 6.42 Å². The first-order valence-electron chi connectivity index (χ1n) is 8.36. The Morgan fingerprint density at radius 2 is 0.930 bits per heavy atom. The molecule has 225 valence electrons. The van der Waals surface area contributed by atoms with Crippen molar-refractivity contribution in [1.29, 1.82) is 0 Å². The molecule has 0 aliphatic heterocycles. The van der Waals surface area contributed by atoms with Gasteiger partial charge in [-0.2, -0.15) is 24.3 Å². The normalized spacial score (nSPS) is 5.53. The first-order chi connectivity index (χ1) is 19.3. The molecular formula is C28H19Mn2N2O11-4. The van der Waals surface area contributed by atoms with E-state index in [2.05, 4.69) is 72.9 Å². The summed E-state index contributed by atoms with van der Waals surface area (Å²) in [5, 5.41) is 20.5. The molecule has 0 aliphatic rings. The summed E-state index contributed by atoms with van der Waals surface area (Å²) in [5.41, 5.74) is 1.77. The van der Waals surface area contributed by atoms with Crippen LogP contribution in [0.5, 0.6) is 0 Å². The van der Waals surface area contributed by atoms with Gasteiger partial charge in [0.1, 0.15) is 0 Å². The predicted octanol–water partition coefficient (Wildman–Crippen LogP) is 4.70. The summed E-state index contributed by atoms with van der Waals surface area (Å²) in [5.74, 6) is 0.657. The molecule has 0 spiro atoms. The van der Waals surface area contributed by atoms with E-state index < -0.39 is 9.85 Å². The first-order valence-corrected chi connectivity index (χ1v) is 8.36. The Bertz CT molecular complexity index is 981. The maximum absolute atomic E-state index is 10.2. The van der Waals surface area contributed by atoms with Crippen molar-refractivity contribution in [1.82, 2.24) is 0 Å². The van der Waals surface area contributed by atoms with Crippen LogP contribution in [0.3, 0.4) is 0 Å². The third kappa shape index (κ3) is 50.8. The molecule has 15 heteroatoms. The van der Waals surface area contributed by atoms with E-state index in [0.29, 0.717) is 5.92 Å². The molecule has 0 aromatic heterocycles. The Morgan fingerprint density at radius 1 is 0.698 bits per heavy atom. The van der Waals surface area contributed by atoms with Crippen LogP contribution in [0.2, 0.25) is 0 Å². The molecule has 2 aromatic rings. The molecule has 13 nitrogen and oxygen atoms in total. The van der Waals surface area contributed by atoms with Gasteiger partial charge in [-0.3, -0.25) is 20.2 Å². The molecule has 0 unspecified atom stereocenters. The molecule has 0 atom stereocenters. The van der Waals surface area contributed by atoms with Gasteiger partial charge in [0.15, 0.2) is 0 Å². The van der Waals surface area contributed by atoms with E-state index in [1.165, 1.54) is 24.3 Å². The molecule has 0 saturated carbocycles. The van der Waals surface area contributed by atoms with Crippen molar-refractivity contribution < 1.29 is 76.5 Å². The fraction of sp³-hybridized carbons (Fsp3) is 0.0357. The zero-order valence-electron chi connectivity index (χ0n) is 20.9. The molecule has 43 heavy (non-hydrogen) atoms. The molecule has 0 N–H and O–H groups in total. The van der Waals surface area contributed by atoms with Crippen molar-refractivity contribution in [3.63, 3.8) is 0 Å². The van der Waals surface area contributed by atoms with E-state index in [1.54, 1.807) is 30.7 Å². The van der Waals surface area contributed by atoms with Crippen LogP contribution in [-0.2, 0) is 66.7 Å². The van der Waals surface area contributed by atoms with Crippen molar-refractivity contribution in [3.05, 3.63) is 172 Å². The minimum absolute atomic E-state index is 0. The van der Waals surface area contributed by atoms with E-state index in [4.69, 9.17) is 45.6 Å². The van der Waals surface area contributed by atoms with Gasteiger partial charge in [-0.15, -0.1) is 0 Å². The zero-order valence-corrected chi connectivity index (χ0v) is 23.3. The standard InChI is InChI=1S/C9H8NO2.C9H6NO2.C2H.7CO.CH4.2Mn/c1-7(2)8-3-5-9(6-4-8)10(11)12;1-2-3-8-4-6-9(7-5-8)10(11)12;8*1-2;;;/h3-6H,1-2H2;1,3-7H;1H;;;;;;;;1H4;;/q2*-3;-1;;;;;;;;;;+3. The molecule has 0 bridgehead atoms. The number of nitro groups is 2. The number of hydrogen-bond acceptors (Lipinski definition) is 4. The van der Waals surface area contributed by atoms with Gasteiger partial charge < -0.3 is 57.3 Å². The Morgan fingerprint density at radius 3 is 1.12 bits per heavy atom. The van der Waals surface area contributed by atoms with Crippen LogP contribution in [0.25, 0.3) is 0 Å². The number of hydrogen-bond donors (Lipinski definition) is 0. The van der Waals surface area contributed by atoms with Crippen molar-refractivity contribution in [2.45, 2.75) is 7.43 Å². The maximum atomic E-state index is 10.2. The number of allylic oxidation sites excluding steroid dienone is 1. The summed E-state index contributed by atoms with van der Waals surface area (Å²) >= 11 is 0. The Kier molecular flexibility index (Phi) is 118. The van der Waals surface area contributed by atoms with Gasteiger partial charge in [-0.1, -0.05) is 7.43 Å². The molecule has 0 heterocycles. The molecule has 2 aromatic carbocycles. The summed E-state index contributed by atoms with van der Waals surface area (Å²) in [6, 6.07) is 12.2. The van der Waals surface area contributed by atoms with Crippen LogP contribution in [0.1, 0.15) is 18.6 Å². The maximum Gasteiger partial charge on any atom is 3.00 e. The van der Waals surface area contributed by atoms with Crippen molar-refractivity contribution >= 4 is 11.4 Å². The van der Waals surface area contributed by atoms with E-state index in [1.807, 2.05) is 0 Å². The van der Waals surface area contributed by atoms with E-state index in [-0.39, 0.29) is 52.9 Å². The van der Waals surface area contributed by atoms with Gasteiger partial charge in [-0.25, -0.2) is 5.56 Å². The summed E-state index contributed by atoms with van der Waals surface area (Å²) in [6.45, 7) is 43.8. The number of nitro benzene ring substituents is 2. The van der Waals surface area contributed by atoms with Crippen LogP contribution in [-0.4, -0.2) is 9.85 Å². The zero-order chi connectivity index (χ0) is 34.1. The monoisotopic (exact) mass is 669 g/mol. The SMILES string of the molecule is C.[C-]#C.[C-]#[O+].[C-]#[O+].[C-]#[O+].[C-]#[O+].[C-]#[O+].[C-]#[O+].[C-]#[O+].[CH-]=[C-][CH-]c1ccc([N+](=O)[O-])cc1.[CH2-][C-]([CH2-])c1ccc([N+](=O)[O-])cc1.[Mn+3].[Mn]. The number of rotatable bonds is 5. The smallest absolute Gasteiger partial charge is 0.676 e. The van der Waals surface area contributed by atoms with Gasteiger partial charge in [0.2, 0.25) is 5.69 Å². The minimum atomic E-state index is -0.445. The quantitative estimate of drug-likeness (QED) is 0.110. The summed E-state index contributed by atoms with van der Waals surface area (Å²) in [4.78, 5) is 19.6. The van der Waals surface area contributed by atoms with E-state index >= 15 is 0 Å². The molecule has 1 radical (unpaired) electrons. The fourth-order valence-electron chi connectivity index (χ4n) is 1.61. The van der Waals surface area contributed by atoms with Crippen LogP contribution < -0.4 is 0 Å². The molecular weight excluding hydrogens is 650 g/mol. The second kappa shape index (κ2) is 71.1. The van der Waals surface area contributed by atoms with Crippen molar-refractivity contribution in [2.24, 2.45) is 0 Å². The molecule has 0 fully saturated rings.